The number of carbonyl (C=O) groups excluding carboxylic acids is 1. The van der Waals surface area contributed by atoms with Gasteiger partial charge < -0.3 is 18.8 Å². The van der Waals surface area contributed by atoms with Crippen molar-refractivity contribution in [2.75, 3.05) is 19.8 Å². The van der Waals surface area contributed by atoms with E-state index in [4.69, 9.17) is 14.2 Å². The zero-order valence-corrected chi connectivity index (χ0v) is 18.6. The van der Waals surface area contributed by atoms with E-state index in [0.717, 1.165) is 17.4 Å². The molecule has 0 aliphatic rings. The first kappa shape index (κ1) is 22.7. The molecule has 0 N–H and O–H groups in total. The summed E-state index contributed by atoms with van der Waals surface area (Å²) in [7, 11) is 0. The lowest BCUT2D eigenvalue weighted by Gasteiger charge is -2.16. The van der Waals surface area contributed by atoms with Crippen molar-refractivity contribution >= 4 is 27.5 Å². The highest BCUT2D eigenvalue weighted by Gasteiger charge is 2.19. The Morgan fingerprint density at radius 1 is 0.968 bits per heavy atom. The van der Waals surface area contributed by atoms with Crippen LogP contribution in [-0.4, -0.2) is 30.3 Å². The molecule has 0 fully saturated rings. The van der Waals surface area contributed by atoms with Gasteiger partial charge in [0.15, 0.2) is 22.1 Å². The monoisotopic (exact) mass is 450 g/mol. The van der Waals surface area contributed by atoms with E-state index in [1.165, 1.54) is 6.07 Å². The van der Waals surface area contributed by atoms with Crippen molar-refractivity contribution < 1.29 is 27.8 Å². The molecular formula is C22H24F2N2O4S. The summed E-state index contributed by atoms with van der Waals surface area (Å²) in [4.78, 5) is 17.5. The van der Waals surface area contributed by atoms with Crippen LogP contribution in [0.4, 0.5) is 8.78 Å². The molecule has 9 heteroatoms. The molecule has 31 heavy (non-hydrogen) atoms. The van der Waals surface area contributed by atoms with Crippen molar-refractivity contribution in [3.63, 3.8) is 0 Å². The first-order chi connectivity index (χ1) is 14.9. The molecule has 0 saturated carbocycles. The van der Waals surface area contributed by atoms with Crippen molar-refractivity contribution in [1.82, 2.24) is 4.57 Å². The Balaban J connectivity index is 2.15. The molecule has 166 valence electrons. The lowest BCUT2D eigenvalue weighted by molar-refractivity contribution is 0.0996. The van der Waals surface area contributed by atoms with Crippen LogP contribution in [0.15, 0.2) is 29.3 Å². The van der Waals surface area contributed by atoms with Crippen molar-refractivity contribution in [2.24, 2.45) is 4.99 Å². The second-order valence-corrected chi connectivity index (χ2v) is 7.39. The van der Waals surface area contributed by atoms with E-state index in [9.17, 15) is 13.6 Å². The number of halogens is 2. The minimum atomic E-state index is -0.694. The highest BCUT2D eigenvalue weighted by atomic mass is 32.1. The number of hydrogen-bond acceptors (Lipinski definition) is 5. The number of aromatic nitrogens is 1. The number of nitrogens with zero attached hydrogens (tertiary/aromatic N) is 2. The third kappa shape index (κ3) is 4.71. The number of thiazole rings is 1. The van der Waals surface area contributed by atoms with E-state index in [0.29, 0.717) is 48.3 Å². The minimum Gasteiger partial charge on any atom is -0.490 e. The van der Waals surface area contributed by atoms with E-state index in [-0.39, 0.29) is 15.9 Å². The standard InChI is InChI=1S/C22H24F2N2O4S/c1-5-26-19-15(24)11-14(23)12-18(19)31-22(26)25-21(27)13-9-16(28-6-2)20(30-8-4)17(10-13)29-7-3/h9-12H,5-8H2,1-4H3. The van der Waals surface area contributed by atoms with Crippen LogP contribution in [0.5, 0.6) is 17.2 Å². The molecule has 6 nitrogen and oxygen atoms in total. The summed E-state index contributed by atoms with van der Waals surface area (Å²) in [5.41, 5.74) is 0.458. The molecule has 0 saturated heterocycles. The SMILES string of the molecule is CCOc1cc(C(=O)N=c2sc3cc(F)cc(F)c3n2CC)cc(OCC)c1OCC. The summed E-state index contributed by atoms with van der Waals surface area (Å²) in [6.45, 7) is 8.80. The van der Waals surface area contributed by atoms with Crippen LogP contribution in [0.1, 0.15) is 38.1 Å². The van der Waals surface area contributed by atoms with Crippen LogP contribution in [0, 0.1) is 11.6 Å². The van der Waals surface area contributed by atoms with Crippen LogP contribution in [0.25, 0.3) is 10.2 Å². The maximum atomic E-state index is 14.3. The van der Waals surface area contributed by atoms with Gasteiger partial charge in [0, 0.05) is 18.2 Å². The summed E-state index contributed by atoms with van der Waals surface area (Å²) in [5.74, 6) is -0.754. The van der Waals surface area contributed by atoms with Gasteiger partial charge in [-0.25, -0.2) is 8.78 Å². The molecule has 0 aliphatic carbocycles. The topological polar surface area (TPSA) is 62.0 Å². The van der Waals surface area contributed by atoms with Crippen LogP contribution in [0.3, 0.4) is 0 Å². The Kier molecular flexibility index (Phi) is 7.27. The number of aryl methyl sites for hydroxylation is 1. The molecule has 1 heterocycles. The maximum Gasteiger partial charge on any atom is 0.279 e. The van der Waals surface area contributed by atoms with E-state index < -0.39 is 17.5 Å². The fourth-order valence-corrected chi connectivity index (χ4v) is 4.30. The van der Waals surface area contributed by atoms with Gasteiger partial charge in [-0.1, -0.05) is 11.3 Å². The van der Waals surface area contributed by atoms with Crippen LogP contribution in [-0.2, 0) is 6.54 Å². The summed E-state index contributed by atoms with van der Waals surface area (Å²) < 4.78 is 46.8. The molecule has 1 amide bonds. The van der Waals surface area contributed by atoms with Gasteiger partial charge in [0.05, 0.1) is 30.0 Å². The van der Waals surface area contributed by atoms with Gasteiger partial charge in [-0.05, 0) is 45.9 Å². The molecule has 0 bridgehead atoms. The number of carbonyl (C=O) groups is 1. The molecule has 0 radical (unpaired) electrons. The Morgan fingerprint density at radius 3 is 2.13 bits per heavy atom. The number of benzene rings is 2. The number of fused-ring (bicyclic) bond motifs is 1. The minimum absolute atomic E-state index is 0.220. The van der Waals surface area contributed by atoms with Gasteiger partial charge in [-0.3, -0.25) is 4.79 Å². The summed E-state index contributed by atoms with van der Waals surface area (Å²) in [5, 5.41) is 0. The zero-order chi connectivity index (χ0) is 22.5. The molecule has 0 spiro atoms. The van der Waals surface area contributed by atoms with Crippen LogP contribution >= 0.6 is 11.3 Å². The van der Waals surface area contributed by atoms with Crippen molar-refractivity contribution in [3.8, 4) is 17.2 Å². The van der Waals surface area contributed by atoms with Crippen LogP contribution < -0.4 is 19.0 Å². The summed E-state index contributed by atoms with van der Waals surface area (Å²) in [6.07, 6.45) is 0. The van der Waals surface area contributed by atoms with Gasteiger partial charge in [-0.15, -0.1) is 0 Å². The third-order valence-electron chi connectivity index (χ3n) is 4.36. The molecule has 3 aromatic rings. The van der Waals surface area contributed by atoms with Gasteiger partial charge >= 0.3 is 0 Å². The first-order valence-electron chi connectivity index (χ1n) is 10.1. The lowest BCUT2D eigenvalue weighted by atomic mass is 10.1. The normalized spacial score (nSPS) is 11.7. The summed E-state index contributed by atoms with van der Waals surface area (Å²) in [6, 6.07) is 5.15. The Labute approximate surface area is 182 Å². The van der Waals surface area contributed by atoms with Crippen molar-refractivity contribution in [2.45, 2.75) is 34.2 Å². The predicted octanol–water partition coefficient (Wildman–Crippen LogP) is 4.94. The zero-order valence-electron chi connectivity index (χ0n) is 17.8. The third-order valence-corrected chi connectivity index (χ3v) is 5.39. The maximum absolute atomic E-state index is 14.3. The number of amides is 1. The fraction of sp³-hybridized carbons (Fsp3) is 0.364. The Morgan fingerprint density at radius 2 is 1.58 bits per heavy atom. The highest BCUT2D eigenvalue weighted by Crippen LogP contribution is 2.39. The highest BCUT2D eigenvalue weighted by molar-refractivity contribution is 7.16. The van der Waals surface area contributed by atoms with E-state index in [1.54, 1.807) is 23.6 Å². The predicted molar refractivity (Wildman–Crippen MR) is 115 cm³/mol. The molecule has 3 rings (SSSR count). The number of hydrogen-bond donors (Lipinski definition) is 0. The van der Waals surface area contributed by atoms with E-state index in [2.05, 4.69) is 4.99 Å². The lowest BCUT2D eigenvalue weighted by Crippen LogP contribution is -2.16. The average molecular weight is 451 g/mol. The average Bonchev–Trinajstić information content (AvgIpc) is 3.07. The van der Waals surface area contributed by atoms with E-state index >= 15 is 0 Å². The van der Waals surface area contributed by atoms with Gasteiger partial charge in [0.1, 0.15) is 5.82 Å². The molecule has 0 aliphatic heterocycles. The molecule has 0 unspecified atom stereocenters. The van der Waals surface area contributed by atoms with Gasteiger partial charge in [-0.2, -0.15) is 4.99 Å². The van der Waals surface area contributed by atoms with Gasteiger partial charge in [0.25, 0.3) is 5.91 Å². The molecule has 2 aromatic carbocycles. The molecule has 0 atom stereocenters. The smallest absolute Gasteiger partial charge is 0.279 e. The van der Waals surface area contributed by atoms with E-state index in [1.807, 2.05) is 20.8 Å². The Bertz CT molecular complexity index is 1140. The summed E-state index contributed by atoms with van der Waals surface area (Å²) >= 11 is 1.05. The Hall–Kier alpha value is -2.94. The fourth-order valence-electron chi connectivity index (χ4n) is 3.17. The van der Waals surface area contributed by atoms with Gasteiger partial charge in [0.2, 0.25) is 5.75 Å². The second-order valence-electron chi connectivity index (χ2n) is 6.38. The second kappa shape index (κ2) is 9.91. The largest absolute Gasteiger partial charge is 0.490 e. The quantitative estimate of drug-likeness (QED) is 0.488. The number of ether oxygens (including phenoxy) is 3. The van der Waals surface area contributed by atoms with Crippen LogP contribution in [0.2, 0.25) is 0 Å². The molecule has 1 aromatic heterocycles. The number of rotatable bonds is 8. The van der Waals surface area contributed by atoms with Crippen molar-refractivity contribution in [1.29, 1.82) is 0 Å². The first-order valence-corrected chi connectivity index (χ1v) is 10.9. The van der Waals surface area contributed by atoms with Crippen molar-refractivity contribution in [3.05, 3.63) is 46.3 Å². The molecular weight excluding hydrogens is 426 g/mol.